The molecule has 10 nitrogen and oxygen atoms in total. The smallest absolute Gasteiger partial charge is 0.410 e. The van der Waals surface area contributed by atoms with E-state index in [1.54, 1.807) is 23.2 Å². The summed E-state index contributed by atoms with van der Waals surface area (Å²) in [5, 5.41) is 5.04. The normalized spacial score (nSPS) is 13.8. The molecule has 2 N–H and O–H groups in total. The number of rotatable bonds is 5. The van der Waals surface area contributed by atoms with Gasteiger partial charge in [0, 0.05) is 26.2 Å². The van der Waals surface area contributed by atoms with Gasteiger partial charge in [-0.2, -0.15) is 0 Å². The molecular weight excluding hydrogens is 522 g/mol. The van der Waals surface area contributed by atoms with Crippen LogP contribution in [0.3, 0.4) is 0 Å². The maximum atomic E-state index is 13.9. The Morgan fingerprint density at radius 3 is 2.30 bits per heavy atom. The summed E-state index contributed by atoms with van der Waals surface area (Å²) in [7, 11) is 0. The minimum atomic E-state index is -0.737. The van der Waals surface area contributed by atoms with E-state index in [2.05, 4.69) is 25.5 Å². The van der Waals surface area contributed by atoms with Crippen molar-refractivity contribution in [1.82, 2.24) is 14.9 Å². The molecule has 1 saturated heterocycles. The van der Waals surface area contributed by atoms with Gasteiger partial charge in [0.25, 0.3) is 11.8 Å². The van der Waals surface area contributed by atoms with E-state index < -0.39 is 29.0 Å². The van der Waals surface area contributed by atoms with Crippen LogP contribution in [0.25, 0.3) is 0 Å². The lowest BCUT2D eigenvalue weighted by Gasteiger charge is -2.26. The molecule has 3 heterocycles. The van der Waals surface area contributed by atoms with Crippen molar-refractivity contribution in [3.8, 4) is 0 Å². The van der Waals surface area contributed by atoms with E-state index >= 15 is 0 Å². The van der Waals surface area contributed by atoms with Crippen LogP contribution in [0.4, 0.5) is 30.8 Å². The fourth-order valence-corrected chi connectivity index (χ4v) is 4.03. The molecule has 210 valence electrons. The van der Waals surface area contributed by atoms with Crippen molar-refractivity contribution < 1.29 is 27.9 Å². The summed E-state index contributed by atoms with van der Waals surface area (Å²) in [4.78, 5) is 49.9. The molecule has 0 atom stereocenters. The fraction of sp³-hybridized carbons (Fsp3) is 0.321. The minimum Gasteiger partial charge on any atom is -0.444 e. The van der Waals surface area contributed by atoms with Crippen molar-refractivity contribution >= 4 is 35.1 Å². The minimum absolute atomic E-state index is 0.0617. The van der Waals surface area contributed by atoms with Gasteiger partial charge >= 0.3 is 6.09 Å². The van der Waals surface area contributed by atoms with E-state index in [1.807, 2.05) is 20.8 Å². The first kappa shape index (κ1) is 28.4. The van der Waals surface area contributed by atoms with Crippen LogP contribution in [0, 0.1) is 11.6 Å². The highest BCUT2D eigenvalue weighted by Gasteiger charge is 2.25. The molecule has 1 aromatic carbocycles. The molecular formula is C28H30F2N6O4. The molecule has 12 heteroatoms. The summed E-state index contributed by atoms with van der Waals surface area (Å²) in [6.07, 6.45) is 2.89. The van der Waals surface area contributed by atoms with Gasteiger partial charge in [-0.3, -0.25) is 9.59 Å². The molecule has 0 radical (unpaired) electrons. The second kappa shape index (κ2) is 12.1. The Hall–Kier alpha value is -4.61. The first-order valence-corrected chi connectivity index (χ1v) is 12.7. The van der Waals surface area contributed by atoms with E-state index in [-0.39, 0.29) is 28.9 Å². The summed E-state index contributed by atoms with van der Waals surface area (Å²) in [5.41, 5.74) is 0.227. The zero-order chi connectivity index (χ0) is 28.9. The molecule has 2 aromatic heterocycles. The van der Waals surface area contributed by atoms with Gasteiger partial charge in [-0.05, 0) is 69.7 Å². The maximum absolute atomic E-state index is 13.9. The number of hydrogen-bond acceptors (Lipinski definition) is 7. The van der Waals surface area contributed by atoms with Gasteiger partial charge in [0.05, 0.1) is 29.3 Å². The molecule has 1 fully saturated rings. The number of ether oxygens (including phenoxy) is 1. The first-order chi connectivity index (χ1) is 19.0. The lowest BCUT2D eigenvalue weighted by atomic mass is 10.1. The summed E-state index contributed by atoms with van der Waals surface area (Å²) in [6, 6.07) is 9.03. The topological polar surface area (TPSA) is 117 Å². The standard InChI is InChI=1S/C28H30F2N6O4/c1-28(2,3)40-27(39)36-12-4-11-35(13-14-36)20-7-9-23(31-17-20)26(38)33-22-8-5-18(29)15-21(22)25(37)34-24-10-6-19(30)16-32-24/h5-10,15-17H,4,11-14H2,1-3H3,(H,33,38)(H,32,34,37). The predicted molar refractivity (Wildman–Crippen MR) is 145 cm³/mol. The number of nitrogens with one attached hydrogen (secondary N) is 2. The Labute approximate surface area is 230 Å². The van der Waals surface area contributed by atoms with Gasteiger partial charge in [0.15, 0.2) is 0 Å². The monoisotopic (exact) mass is 552 g/mol. The van der Waals surface area contributed by atoms with Crippen LogP contribution in [-0.2, 0) is 4.74 Å². The van der Waals surface area contributed by atoms with Crippen LogP contribution >= 0.6 is 0 Å². The number of nitrogens with zero attached hydrogens (tertiary/aromatic N) is 4. The fourth-order valence-electron chi connectivity index (χ4n) is 4.03. The third kappa shape index (κ3) is 7.49. The predicted octanol–water partition coefficient (Wildman–Crippen LogP) is 4.71. The molecule has 3 amide bonds. The van der Waals surface area contributed by atoms with E-state index in [4.69, 9.17) is 4.74 Å². The van der Waals surface area contributed by atoms with Crippen molar-refractivity contribution in [3.05, 3.63) is 77.8 Å². The Bertz CT molecular complexity index is 1380. The second-order valence-electron chi connectivity index (χ2n) is 10.2. The summed E-state index contributed by atoms with van der Waals surface area (Å²) < 4.78 is 32.5. The van der Waals surface area contributed by atoms with Gasteiger partial charge in [-0.25, -0.2) is 23.5 Å². The van der Waals surface area contributed by atoms with E-state index in [0.29, 0.717) is 26.2 Å². The Kier molecular flexibility index (Phi) is 8.56. The quantitative estimate of drug-likeness (QED) is 0.471. The van der Waals surface area contributed by atoms with Crippen LogP contribution in [0.15, 0.2) is 54.9 Å². The Balaban J connectivity index is 1.41. The molecule has 0 saturated carbocycles. The lowest BCUT2D eigenvalue weighted by molar-refractivity contribution is 0.0263. The molecule has 0 spiro atoms. The largest absolute Gasteiger partial charge is 0.444 e. The molecule has 0 bridgehead atoms. The SMILES string of the molecule is CC(C)(C)OC(=O)N1CCCN(c2ccc(C(=O)Nc3ccc(F)cc3C(=O)Nc3ccc(F)cn3)nc2)CC1. The molecule has 0 aliphatic carbocycles. The van der Waals surface area contributed by atoms with E-state index in [9.17, 15) is 23.2 Å². The third-order valence-electron chi connectivity index (χ3n) is 5.94. The number of halogens is 2. The lowest BCUT2D eigenvalue weighted by Crippen LogP contribution is -2.39. The van der Waals surface area contributed by atoms with E-state index in [0.717, 1.165) is 36.5 Å². The molecule has 0 unspecified atom stereocenters. The summed E-state index contributed by atoms with van der Waals surface area (Å²) in [6.45, 7) is 7.82. The van der Waals surface area contributed by atoms with Crippen LogP contribution < -0.4 is 15.5 Å². The van der Waals surface area contributed by atoms with Crippen LogP contribution in [0.5, 0.6) is 0 Å². The van der Waals surface area contributed by atoms with Gasteiger partial charge in [-0.15, -0.1) is 0 Å². The first-order valence-electron chi connectivity index (χ1n) is 12.7. The second-order valence-corrected chi connectivity index (χ2v) is 10.2. The maximum Gasteiger partial charge on any atom is 0.410 e. The van der Waals surface area contributed by atoms with Crippen molar-refractivity contribution in [3.63, 3.8) is 0 Å². The molecule has 4 rings (SSSR count). The number of benzene rings is 1. The molecule has 3 aromatic rings. The zero-order valence-corrected chi connectivity index (χ0v) is 22.4. The number of pyridine rings is 2. The Morgan fingerprint density at radius 2 is 1.62 bits per heavy atom. The van der Waals surface area contributed by atoms with Gasteiger partial charge in [-0.1, -0.05) is 0 Å². The van der Waals surface area contributed by atoms with Crippen molar-refractivity contribution in [2.24, 2.45) is 0 Å². The molecule has 1 aliphatic heterocycles. The third-order valence-corrected chi connectivity index (χ3v) is 5.94. The van der Waals surface area contributed by atoms with Gasteiger partial charge < -0.3 is 25.2 Å². The summed E-state index contributed by atoms with van der Waals surface area (Å²) in [5.74, 6) is -2.53. The molecule has 1 aliphatic rings. The van der Waals surface area contributed by atoms with Crippen molar-refractivity contribution in [2.45, 2.75) is 32.8 Å². The number of anilines is 3. The zero-order valence-electron chi connectivity index (χ0n) is 22.4. The Morgan fingerprint density at radius 1 is 0.850 bits per heavy atom. The van der Waals surface area contributed by atoms with Gasteiger partial charge in [0.2, 0.25) is 0 Å². The number of carbonyl (C=O) groups excluding carboxylic acids is 3. The van der Waals surface area contributed by atoms with Crippen LogP contribution in [0.1, 0.15) is 48.0 Å². The number of aromatic nitrogens is 2. The van der Waals surface area contributed by atoms with Crippen LogP contribution in [0.2, 0.25) is 0 Å². The van der Waals surface area contributed by atoms with Gasteiger partial charge in [0.1, 0.15) is 28.7 Å². The number of amides is 3. The number of hydrogen-bond donors (Lipinski definition) is 2. The van der Waals surface area contributed by atoms with Crippen molar-refractivity contribution in [2.75, 3.05) is 41.7 Å². The van der Waals surface area contributed by atoms with Crippen LogP contribution in [-0.4, -0.2) is 64.6 Å². The average Bonchev–Trinajstić information content (AvgIpc) is 3.17. The average molecular weight is 553 g/mol. The number of carbonyl (C=O) groups is 3. The highest BCUT2D eigenvalue weighted by atomic mass is 19.1. The highest BCUT2D eigenvalue weighted by Crippen LogP contribution is 2.21. The highest BCUT2D eigenvalue weighted by molar-refractivity contribution is 6.11. The molecule has 40 heavy (non-hydrogen) atoms. The summed E-state index contributed by atoms with van der Waals surface area (Å²) >= 11 is 0. The van der Waals surface area contributed by atoms with E-state index in [1.165, 1.54) is 12.1 Å². The van der Waals surface area contributed by atoms with Crippen molar-refractivity contribution in [1.29, 1.82) is 0 Å².